The van der Waals surface area contributed by atoms with Gasteiger partial charge in [-0.2, -0.15) is 13.2 Å². The summed E-state index contributed by atoms with van der Waals surface area (Å²) in [6, 6.07) is 4.15. The van der Waals surface area contributed by atoms with Gasteiger partial charge in [-0.3, -0.25) is 0 Å². The molecule has 0 spiro atoms. The number of halogens is 5. The second-order valence-corrected chi connectivity index (χ2v) is 6.75. The summed E-state index contributed by atoms with van der Waals surface area (Å²) in [5, 5.41) is -0.00213. The Kier molecular flexibility index (Phi) is 5.66. The van der Waals surface area contributed by atoms with Gasteiger partial charge in [0.2, 0.25) is 10.0 Å². The van der Waals surface area contributed by atoms with Crippen molar-refractivity contribution in [2.24, 2.45) is 0 Å². The first kappa shape index (κ1) is 16.7. The lowest BCUT2D eigenvalue weighted by Gasteiger charge is -2.09. The Morgan fingerprint density at radius 3 is 2.47 bits per heavy atom. The fraction of sp³-hybridized carbons (Fsp3) is 0.400. The van der Waals surface area contributed by atoms with Crippen LogP contribution < -0.4 is 4.72 Å². The maximum atomic E-state index is 11.9. The molecule has 1 aromatic carbocycles. The second-order valence-electron chi connectivity index (χ2n) is 3.69. The average molecular weight is 381 g/mol. The molecule has 1 aromatic rings. The van der Waals surface area contributed by atoms with Gasteiger partial charge >= 0.3 is 6.18 Å². The number of hydrogen-bond donors (Lipinski definition) is 1. The Labute approximate surface area is 122 Å². The minimum atomic E-state index is -4.29. The zero-order valence-electron chi connectivity index (χ0n) is 9.47. The molecule has 0 heterocycles. The fourth-order valence-electron chi connectivity index (χ4n) is 1.27. The van der Waals surface area contributed by atoms with Crippen molar-refractivity contribution in [1.29, 1.82) is 0 Å². The molecule has 0 aliphatic heterocycles. The van der Waals surface area contributed by atoms with Crippen LogP contribution in [0.4, 0.5) is 13.2 Å². The molecule has 1 N–H and O–H groups in total. The number of benzene rings is 1. The number of hydrogen-bond acceptors (Lipinski definition) is 2. The van der Waals surface area contributed by atoms with Crippen LogP contribution in [0.5, 0.6) is 0 Å². The molecule has 1 rings (SSSR count). The van der Waals surface area contributed by atoms with Gasteiger partial charge in [-0.1, -0.05) is 27.5 Å². The SMILES string of the molecule is O=S(=O)(NCCCC(F)(F)F)c1ccc(Br)cc1Cl. The summed E-state index contributed by atoms with van der Waals surface area (Å²) < 4.78 is 62.0. The van der Waals surface area contributed by atoms with Gasteiger partial charge in [-0.05, 0) is 24.6 Å². The predicted octanol–water partition coefficient (Wildman–Crippen LogP) is 3.72. The molecule has 0 amide bonds. The average Bonchev–Trinajstić information content (AvgIpc) is 2.22. The summed E-state index contributed by atoms with van der Waals surface area (Å²) >= 11 is 8.89. The van der Waals surface area contributed by atoms with Crippen molar-refractivity contribution in [2.75, 3.05) is 6.54 Å². The van der Waals surface area contributed by atoms with E-state index in [0.29, 0.717) is 4.47 Å². The number of nitrogens with one attached hydrogen (secondary N) is 1. The van der Waals surface area contributed by atoms with Crippen molar-refractivity contribution >= 4 is 37.6 Å². The van der Waals surface area contributed by atoms with Crippen LogP contribution in [0.2, 0.25) is 5.02 Å². The van der Waals surface area contributed by atoms with E-state index in [1.165, 1.54) is 18.2 Å². The maximum Gasteiger partial charge on any atom is 0.389 e. The van der Waals surface area contributed by atoms with E-state index >= 15 is 0 Å². The van der Waals surface area contributed by atoms with E-state index in [0.717, 1.165) is 0 Å². The lowest BCUT2D eigenvalue weighted by molar-refractivity contribution is -0.135. The van der Waals surface area contributed by atoms with Gasteiger partial charge in [-0.15, -0.1) is 0 Å². The molecular weight excluding hydrogens is 371 g/mol. The molecule has 3 nitrogen and oxygen atoms in total. The highest BCUT2D eigenvalue weighted by Crippen LogP contribution is 2.25. The van der Waals surface area contributed by atoms with Gasteiger partial charge in [0, 0.05) is 17.4 Å². The van der Waals surface area contributed by atoms with E-state index < -0.39 is 22.6 Å². The molecule has 0 radical (unpaired) electrons. The second kappa shape index (κ2) is 6.43. The third-order valence-corrected chi connectivity index (χ3v) is 4.55. The van der Waals surface area contributed by atoms with E-state index in [1.54, 1.807) is 0 Å². The standard InChI is InChI=1S/C10H10BrClF3NO2S/c11-7-2-3-9(8(12)6-7)19(17,18)16-5-1-4-10(13,14)15/h2-3,6,16H,1,4-5H2. The number of sulfonamides is 1. The molecule has 0 fully saturated rings. The number of alkyl halides is 3. The lowest BCUT2D eigenvalue weighted by Crippen LogP contribution is -2.26. The van der Waals surface area contributed by atoms with E-state index in [9.17, 15) is 21.6 Å². The minimum Gasteiger partial charge on any atom is -0.211 e. The molecule has 0 saturated heterocycles. The highest BCUT2D eigenvalue weighted by Gasteiger charge is 2.26. The van der Waals surface area contributed by atoms with Crippen LogP contribution in [-0.2, 0) is 10.0 Å². The molecule has 19 heavy (non-hydrogen) atoms. The molecule has 0 saturated carbocycles. The first-order valence-corrected chi connectivity index (χ1v) is 7.79. The highest BCUT2D eigenvalue weighted by molar-refractivity contribution is 9.10. The van der Waals surface area contributed by atoms with Crippen molar-refractivity contribution in [3.05, 3.63) is 27.7 Å². The molecule has 9 heteroatoms. The highest BCUT2D eigenvalue weighted by atomic mass is 79.9. The summed E-state index contributed by atoms with van der Waals surface area (Å²) in [4.78, 5) is -0.163. The van der Waals surface area contributed by atoms with Gasteiger partial charge in [-0.25, -0.2) is 13.1 Å². The van der Waals surface area contributed by atoms with Crippen LogP contribution in [0.3, 0.4) is 0 Å². The molecule has 0 unspecified atom stereocenters. The Bertz CT molecular complexity index is 548. The van der Waals surface area contributed by atoms with Crippen LogP contribution in [-0.4, -0.2) is 21.1 Å². The molecule has 0 aliphatic carbocycles. The molecule has 0 aliphatic rings. The third kappa shape index (κ3) is 5.68. The summed E-state index contributed by atoms with van der Waals surface area (Å²) in [5.41, 5.74) is 0. The fourth-order valence-corrected chi connectivity index (χ4v) is 3.38. The predicted molar refractivity (Wildman–Crippen MR) is 69.6 cm³/mol. The first-order chi connectivity index (χ1) is 8.62. The monoisotopic (exact) mass is 379 g/mol. The molecule has 0 aromatic heterocycles. The molecule has 0 bridgehead atoms. The van der Waals surface area contributed by atoms with E-state index in [4.69, 9.17) is 11.6 Å². The van der Waals surface area contributed by atoms with Gasteiger partial charge in [0.05, 0.1) is 5.02 Å². The van der Waals surface area contributed by atoms with Gasteiger partial charge in [0.1, 0.15) is 4.90 Å². The maximum absolute atomic E-state index is 11.9. The lowest BCUT2D eigenvalue weighted by atomic mass is 10.3. The summed E-state index contributed by atoms with van der Waals surface area (Å²) in [5.74, 6) is 0. The largest absolute Gasteiger partial charge is 0.389 e. The molecule has 108 valence electrons. The zero-order chi connectivity index (χ0) is 14.7. The summed E-state index contributed by atoms with van der Waals surface area (Å²) in [6.45, 7) is -0.297. The Morgan fingerprint density at radius 1 is 1.32 bits per heavy atom. The van der Waals surface area contributed by atoms with E-state index in [-0.39, 0.29) is 22.9 Å². The van der Waals surface area contributed by atoms with Crippen molar-refractivity contribution in [3.8, 4) is 0 Å². The van der Waals surface area contributed by atoms with Crippen molar-refractivity contribution in [2.45, 2.75) is 23.9 Å². The Balaban J connectivity index is 2.66. The first-order valence-electron chi connectivity index (χ1n) is 5.13. The van der Waals surface area contributed by atoms with Gasteiger partial charge < -0.3 is 0 Å². The normalized spacial score (nSPS) is 12.7. The summed E-state index contributed by atoms with van der Waals surface area (Å²) in [6.07, 6.45) is -5.65. The Hall–Kier alpha value is -0.310. The molecule has 0 atom stereocenters. The Morgan fingerprint density at radius 2 is 1.95 bits per heavy atom. The van der Waals surface area contributed by atoms with E-state index in [2.05, 4.69) is 20.7 Å². The quantitative estimate of drug-likeness (QED) is 0.791. The zero-order valence-corrected chi connectivity index (χ0v) is 12.6. The van der Waals surface area contributed by atoms with Crippen LogP contribution in [0, 0.1) is 0 Å². The van der Waals surface area contributed by atoms with Crippen LogP contribution >= 0.6 is 27.5 Å². The topological polar surface area (TPSA) is 46.2 Å². The minimum absolute atomic E-state index is 0.00213. The van der Waals surface area contributed by atoms with E-state index in [1.807, 2.05) is 0 Å². The van der Waals surface area contributed by atoms with Crippen molar-refractivity contribution < 1.29 is 21.6 Å². The smallest absolute Gasteiger partial charge is 0.211 e. The number of rotatable bonds is 5. The van der Waals surface area contributed by atoms with Crippen LogP contribution in [0.1, 0.15) is 12.8 Å². The van der Waals surface area contributed by atoms with Gasteiger partial charge in [0.15, 0.2) is 0 Å². The third-order valence-electron chi connectivity index (χ3n) is 2.11. The van der Waals surface area contributed by atoms with Crippen molar-refractivity contribution in [3.63, 3.8) is 0 Å². The summed E-state index contributed by atoms with van der Waals surface area (Å²) in [7, 11) is -3.90. The molecular formula is C10H10BrClF3NO2S. The van der Waals surface area contributed by atoms with Crippen LogP contribution in [0.25, 0.3) is 0 Å². The van der Waals surface area contributed by atoms with Gasteiger partial charge in [0.25, 0.3) is 0 Å². The van der Waals surface area contributed by atoms with Crippen molar-refractivity contribution in [1.82, 2.24) is 4.72 Å². The van der Waals surface area contributed by atoms with Crippen LogP contribution in [0.15, 0.2) is 27.6 Å².